The van der Waals surface area contributed by atoms with Gasteiger partial charge >= 0.3 is 6.18 Å². The second-order valence-corrected chi connectivity index (χ2v) is 6.16. The molecule has 0 aliphatic rings. The van der Waals surface area contributed by atoms with E-state index in [0.29, 0.717) is 9.21 Å². The zero-order valence-corrected chi connectivity index (χ0v) is 12.6. The van der Waals surface area contributed by atoms with Gasteiger partial charge in [-0.3, -0.25) is 4.79 Å². The Morgan fingerprint density at radius 1 is 1.23 bits per heavy atom. The summed E-state index contributed by atoms with van der Waals surface area (Å²) in [6, 6.07) is 7.27. The van der Waals surface area contributed by atoms with Crippen LogP contribution in [0, 0.1) is 0 Å². The van der Waals surface area contributed by atoms with Gasteiger partial charge in [0.1, 0.15) is 0 Å². The van der Waals surface area contributed by atoms with Crippen LogP contribution in [-0.2, 0) is 6.18 Å². The summed E-state index contributed by atoms with van der Waals surface area (Å²) in [6.45, 7) is -0.111. The summed E-state index contributed by atoms with van der Waals surface area (Å²) in [6.07, 6.45) is -5.52. The number of thiophene rings is 1. The second kappa shape index (κ2) is 6.68. The van der Waals surface area contributed by atoms with Crippen LogP contribution >= 0.6 is 22.9 Å². The highest BCUT2D eigenvalue weighted by Crippen LogP contribution is 2.29. The molecule has 2 rings (SSSR count). The standard InChI is InChI=1S/C14H11ClF3NO2S/c15-12-6-5-11(22-12)13(21)19-7-10(20)8-1-3-9(4-2-8)14(16,17)18/h1-6,10,20H,7H2,(H,19,21)/t10-/m0/s1. The van der Waals surface area contributed by atoms with E-state index in [-0.39, 0.29) is 12.1 Å². The van der Waals surface area contributed by atoms with Gasteiger partial charge in [-0.1, -0.05) is 23.7 Å². The Balaban J connectivity index is 1.95. The Hall–Kier alpha value is -1.57. The van der Waals surface area contributed by atoms with Crippen LogP contribution in [0.2, 0.25) is 4.34 Å². The normalized spacial score (nSPS) is 13.0. The fraction of sp³-hybridized carbons (Fsp3) is 0.214. The second-order valence-electron chi connectivity index (χ2n) is 4.45. The predicted octanol–water partition coefficient (Wildman–Crippen LogP) is 3.88. The molecule has 0 spiro atoms. The van der Waals surface area contributed by atoms with Gasteiger partial charge in [0.05, 0.1) is 20.9 Å². The van der Waals surface area contributed by atoms with Crippen molar-refractivity contribution >= 4 is 28.8 Å². The minimum atomic E-state index is -4.42. The van der Waals surface area contributed by atoms with E-state index in [1.54, 1.807) is 12.1 Å². The van der Waals surface area contributed by atoms with Gasteiger partial charge in [0.15, 0.2) is 0 Å². The molecule has 0 fully saturated rings. The molecule has 1 aromatic carbocycles. The summed E-state index contributed by atoms with van der Waals surface area (Å²) in [7, 11) is 0. The van der Waals surface area contributed by atoms with E-state index in [4.69, 9.17) is 11.6 Å². The number of hydrogen-bond acceptors (Lipinski definition) is 3. The lowest BCUT2D eigenvalue weighted by Gasteiger charge is -2.13. The van der Waals surface area contributed by atoms with Crippen LogP contribution in [0.15, 0.2) is 36.4 Å². The first kappa shape index (κ1) is 16.8. The van der Waals surface area contributed by atoms with E-state index in [2.05, 4.69) is 5.32 Å². The Morgan fingerprint density at radius 3 is 2.36 bits per heavy atom. The molecule has 1 aromatic heterocycles. The lowest BCUT2D eigenvalue weighted by Crippen LogP contribution is -2.27. The maximum atomic E-state index is 12.4. The van der Waals surface area contributed by atoms with Gasteiger partial charge in [-0.15, -0.1) is 11.3 Å². The number of halogens is 4. The van der Waals surface area contributed by atoms with Crippen molar-refractivity contribution in [2.45, 2.75) is 12.3 Å². The molecule has 0 aliphatic carbocycles. The van der Waals surface area contributed by atoms with E-state index >= 15 is 0 Å². The van der Waals surface area contributed by atoms with Gasteiger partial charge in [0.2, 0.25) is 0 Å². The molecule has 2 N–H and O–H groups in total. The Morgan fingerprint density at radius 2 is 1.86 bits per heavy atom. The third kappa shape index (κ3) is 4.22. The quantitative estimate of drug-likeness (QED) is 0.880. The molecule has 118 valence electrons. The number of nitrogens with one attached hydrogen (secondary N) is 1. The molecule has 22 heavy (non-hydrogen) atoms. The number of carbonyl (C=O) groups excluding carboxylic acids is 1. The number of benzene rings is 1. The summed E-state index contributed by atoms with van der Waals surface area (Å²) in [5, 5.41) is 12.4. The average Bonchev–Trinajstić information content (AvgIpc) is 2.90. The number of amides is 1. The van der Waals surface area contributed by atoms with Gasteiger partial charge in [-0.05, 0) is 29.8 Å². The van der Waals surface area contributed by atoms with Crippen molar-refractivity contribution in [2.24, 2.45) is 0 Å². The molecule has 0 saturated carbocycles. The Labute approximate surface area is 133 Å². The van der Waals surface area contributed by atoms with E-state index < -0.39 is 23.8 Å². The van der Waals surface area contributed by atoms with Crippen LogP contribution < -0.4 is 5.32 Å². The number of aliphatic hydroxyl groups excluding tert-OH is 1. The predicted molar refractivity (Wildman–Crippen MR) is 78.1 cm³/mol. The molecule has 0 unspecified atom stereocenters. The molecule has 8 heteroatoms. The third-order valence-corrected chi connectivity index (χ3v) is 4.11. The summed E-state index contributed by atoms with van der Waals surface area (Å²) < 4.78 is 37.8. The van der Waals surface area contributed by atoms with Crippen LogP contribution in [0.5, 0.6) is 0 Å². The topological polar surface area (TPSA) is 49.3 Å². The highest BCUT2D eigenvalue weighted by molar-refractivity contribution is 7.17. The summed E-state index contributed by atoms with van der Waals surface area (Å²) in [5.74, 6) is -0.400. The van der Waals surface area contributed by atoms with Crippen molar-refractivity contribution in [3.05, 3.63) is 56.7 Å². The molecule has 3 nitrogen and oxygen atoms in total. The lowest BCUT2D eigenvalue weighted by molar-refractivity contribution is -0.137. The van der Waals surface area contributed by atoms with Gasteiger partial charge in [0, 0.05) is 6.54 Å². The zero-order valence-electron chi connectivity index (χ0n) is 11.0. The van der Waals surface area contributed by atoms with E-state index in [1.807, 2.05) is 0 Å². The van der Waals surface area contributed by atoms with Crippen molar-refractivity contribution in [1.82, 2.24) is 5.32 Å². The minimum Gasteiger partial charge on any atom is -0.387 e. The highest BCUT2D eigenvalue weighted by Gasteiger charge is 2.30. The fourth-order valence-corrected chi connectivity index (χ4v) is 2.68. The molecule has 0 saturated heterocycles. The molecule has 1 atom stereocenters. The number of alkyl halides is 3. The van der Waals surface area contributed by atoms with Crippen molar-refractivity contribution < 1.29 is 23.1 Å². The molecule has 1 heterocycles. The molecule has 1 amide bonds. The number of rotatable bonds is 4. The summed E-state index contributed by atoms with van der Waals surface area (Å²) in [5.41, 5.74) is -0.502. The Bertz CT molecular complexity index is 655. The monoisotopic (exact) mass is 349 g/mol. The van der Waals surface area contributed by atoms with E-state index in [1.165, 1.54) is 12.1 Å². The van der Waals surface area contributed by atoms with Crippen molar-refractivity contribution in [2.75, 3.05) is 6.54 Å². The first-order valence-corrected chi connectivity index (χ1v) is 7.35. The smallest absolute Gasteiger partial charge is 0.387 e. The molecule has 2 aromatic rings. The number of hydrogen-bond donors (Lipinski definition) is 2. The fourth-order valence-electron chi connectivity index (χ4n) is 1.72. The van der Waals surface area contributed by atoms with Crippen molar-refractivity contribution in [3.8, 4) is 0 Å². The largest absolute Gasteiger partial charge is 0.416 e. The minimum absolute atomic E-state index is 0.111. The van der Waals surface area contributed by atoms with Gasteiger partial charge < -0.3 is 10.4 Å². The summed E-state index contributed by atoms with van der Waals surface area (Å²) >= 11 is 6.81. The van der Waals surface area contributed by atoms with Crippen LogP contribution in [0.25, 0.3) is 0 Å². The number of aliphatic hydroxyl groups is 1. The molecular weight excluding hydrogens is 339 g/mol. The van der Waals surface area contributed by atoms with E-state index in [9.17, 15) is 23.1 Å². The van der Waals surface area contributed by atoms with Gasteiger partial charge in [-0.25, -0.2) is 0 Å². The van der Waals surface area contributed by atoms with Crippen molar-refractivity contribution in [1.29, 1.82) is 0 Å². The van der Waals surface area contributed by atoms with Gasteiger partial charge in [0.25, 0.3) is 5.91 Å². The molecule has 0 bridgehead atoms. The first-order chi connectivity index (χ1) is 10.3. The SMILES string of the molecule is O=C(NC[C@H](O)c1ccc(C(F)(F)F)cc1)c1ccc(Cl)s1. The van der Waals surface area contributed by atoms with Crippen molar-refractivity contribution in [3.63, 3.8) is 0 Å². The van der Waals surface area contributed by atoms with E-state index in [0.717, 1.165) is 23.5 Å². The third-order valence-electron chi connectivity index (χ3n) is 2.88. The van der Waals surface area contributed by atoms with Crippen LogP contribution in [0.4, 0.5) is 13.2 Å². The maximum Gasteiger partial charge on any atom is 0.416 e. The van der Waals surface area contributed by atoms with Gasteiger partial charge in [-0.2, -0.15) is 13.2 Å². The molecular formula is C14H11ClF3NO2S. The summed E-state index contributed by atoms with van der Waals surface area (Å²) in [4.78, 5) is 12.2. The maximum absolute atomic E-state index is 12.4. The van der Waals surface area contributed by atoms with Crippen LogP contribution in [-0.4, -0.2) is 17.6 Å². The average molecular weight is 350 g/mol. The highest BCUT2D eigenvalue weighted by atomic mass is 35.5. The van der Waals surface area contributed by atoms with Crippen LogP contribution in [0.3, 0.4) is 0 Å². The molecule has 0 aliphatic heterocycles. The first-order valence-electron chi connectivity index (χ1n) is 6.16. The lowest BCUT2D eigenvalue weighted by atomic mass is 10.1. The zero-order chi connectivity index (χ0) is 16.3. The number of carbonyl (C=O) groups is 1. The molecule has 0 radical (unpaired) electrons. The Kier molecular flexibility index (Phi) is 5.10. The van der Waals surface area contributed by atoms with Crippen LogP contribution in [0.1, 0.15) is 26.9 Å².